The first-order valence-electron chi connectivity index (χ1n) is 12.1. The molecule has 1 aliphatic carbocycles. The van der Waals surface area contributed by atoms with Crippen molar-refractivity contribution < 1.29 is 39.5 Å². The number of aliphatic hydroxyl groups is 4. The first-order valence-corrected chi connectivity index (χ1v) is 12.1. The molecule has 8 heteroatoms. The lowest BCUT2D eigenvalue weighted by Crippen LogP contribution is -2.49. The molecule has 1 saturated carbocycles. The van der Waals surface area contributed by atoms with Gasteiger partial charge in [0.2, 0.25) is 0 Å². The lowest BCUT2D eigenvalue weighted by Gasteiger charge is -2.28. The maximum absolute atomic E-state index is 12.8. The number of ether oxygens (including phenoxy) is 2. The molecule has 1 fully saturated rings. The molecule has 34 heavy (non-hydrogen) atoms. The number of esters is 2. The Bertz CT molecular complexity index is 825. The van der Waals surface area contributed by atoms with Crippen LogP contribution >= 0.6 is 0 Å². The Morgan fingerprint density at radius 2 is 1.74 bits per heavy atom. The Balaban J connectivity index is 1.79. The molecule has 8 nitrogen and oxygen atoms in total. The van der Waals surface area contributed by atoms with Gasteiger partial charge in [-0.3, -0.25) is 4.79 Å². The summed E-state index contributed by atoms with van der Waals surface area (Å²) >= 11 is 0. The minimum Gasteiger partial charge on any atom is -0.457 e. The van der Waals surface area contributed by atoms with Crippen molar-refractivity contribution in [2.75, 3.05) is 6.61 Å². The number of benzene rings is 1. The molecular weight excluding hydrogens is 440 g/mol. The predicted octanol–water partition coefficient (Wildman–Crippen LogP) is 2.02. The van der Waals surface area contributed by atoms with Crippen molar-refractivity contribution in [2.24, 2.45) is 11.8 Å². The van der Waals surface area contributed by atoms with Crippen LogP contribution in [0.5, 0.6) is 0 Å². The topological polar surface area (TPSA) is 134 Å². The molecule has 1 aromatic carbocycles. The summed E-state index contributed by atoms with van der Waals surface area (Å²) in [7, 11) is 0. The SMILES string of the molecule is O=C1CCC/C=C\C[C@@H]2[C@@H](CC[C@H](CCc3ccccc3)OC(=O)C(O)(CO)O1)[C@H](O)C[C@@H]2O. The van der Waals surface area contributed by atoms with E-state index in [9.17, 15) is 30.0 Å². The molecule has 6 atom stereocenters. The zero-order chi connectivity index (χ0) is 24.6. The van der Waals surface area contributed by atoms with Gasteiger partial charge in [0.15, 0.2) is 0 Å². The summed E-state index contributed by atoms with van der Waals surface area (Å²) in [6, 6.07) is 9.66. The third kappa shape index (κ3) is 7.12. The molecular formula is C26H36O8. The van der Waals surface area contributed by atoms with Crippen LogP contribution < -0.4 is 0 Å². The van der Waals surface area contributed by atoms with Crippen LogP contribution in [-0.2, 0) is 25.5 Å². The molecule has 0 saturated heterocycles. The Morgan fingerprint density at radius 3 is 2.47 bits per heavy atom. The molecule has 0 spiro atoms. The van der Waals surface area contributed by atoms with Crippen molar-refractivity contribution in [2.45, 2.75) is 81.9 Å². The number of fused-ring (bicyclic) bond motifs is 1. The number of rotatable bonds is 4. The number of cyclic esters (lactones) is 2. The monoisotopic (exact) mass is 476 g/mol. The van der Waals surface area contributed by atoms with E-state index in [0.717, 1.165) is 5.56 Å². The summed E-state index contributed by atoms with van der Waals surface area (Å²) in [6.45, 7) is -1.11. The first kappa shape index (κ1) is 26.3. The van der Waals surface area contributed by atoms with Gasteiger partial charge in [-0.05, 0) is 68.8 Å². The molecule has 0 aromatic heterocycles. The zero-order valence-electron chi connectivity index (χ0n) is 19.4. The van der Waals surface area contributed by atoms with Gasteiger partial charge in [0.25, 0.3) is 0 Å². The Labute approximate surface area is 200 Å². The summed E-state index contributed by atoms with van der Waals surface area (Å²) in [4.78, 5) is 24.9. The molecule has 1 heterocycles. The van der Waals surface area contributed by atoms with Crippen LogP contribution in [0.2, 0.25) is 0 Å². The number of aryl methyl sites for hydroxylation is 1. The lowest BCUT2D eigenvalue weighted by atomic mass is 9.85. The molecule has 3 rings (SSSR count). The minimum absolute atomic E-state index is 0.0369. The van der Waals surface area contributed by atoms with Gasteiger partial charge in [-0.15, -0.1) is 0 Å². The number of hydrogen-bond donors (Lipinski definition) is 4. The molecule has 0 amide bonds. The fourth-order valence-electron chi connectivity index (χ4n) is 4.88. The van der Waals surface area contributed by atoms with E-state index in [1.165, 1.54) is 0 Å². The van der Waals surface area contributed by atoms with E-state index < -0.39 is 42.6 Å². The van der Waals surface area contributed by atoms with Gasteiger partial charge in [-0.1, -0.05) is 42.5 Å². The van der Waals surface area contributed by atoms with Crippen molar-refractivity contribution in [3.63, 3.8) is 0 Å². The highest BCUT2D eigenvalue weighted by Gasteiger charge is 2.44. The van der Waals surface area contributed by atoms with Gasteiger partial charge in [0, 0.05) is 6.42 Å². The maximum Gasteiger partial charge on any atom is 0.382 e. The van der Waals surface area contributed by atoms with Gasteiger partial charge in [-0.25, -0.2) is 4.79 Å². The van der Waals surface area contributed by atoms with E-state index in [2.05, 4.69) is 0 Å². The second-order valence-corrected chi connectivity index (χ2v) is 9.34. The lowest BCUT2D eigenvalue weighted by molar-refractivity contribution is -0.240. The number of carbonyl (C=O) groups is 2. The van der Waals surface area contributed by atoms with E-state index in [0.29, 0.717) is 51.4 Å². The second kappa shape index (κ2) is 12.4. The second-order valence-electron chi connectivity index (χ2n) is 9.34. The van der Waals surface area contributed by atoms with Gasteiger partial charge in [0.1, 0.15) is 12.7 Å². The molecule has 0 bridgehead atoms. The van der Waals surface area contributed by atoms with Gasteiger partial charge in [-0.2, -0.15) is 0 Å². The Kier molecular flexibility index (Phi) is 9.64. The first-order chi connectivity index (χ1) is 16.3. The van der Waals surface area contributed by atoms with Crippen LogP contribution in [0.3, 0.4) is 0 Å². The number of allylic oxidation sites excluding steroid dienone is 2. The smallest absolute Gasteiger partial charge is 0.382 e. The fourth-order valence-corrected chi connectivity index (χ4v) is 4.88. The number of hydrogen-bond acceptors (Lipinski definition) is 8. The molecule has 2 aliphatic rings. The Morgan fingerprint density at radius 1 is 1.00 bits per heavy atom. The van der Waals surface area contributed by atoms with E-state index >= 15 is 0 Å². The van der Waals surface area contributed by atoms with Crippen LogP contribution in [0.4, 0.5) is 0 Å². The van der Waals surface area contributed by atoms with Crippen LogP contribution in [0.25, 0.3) is 0 Å². The number of aliphatic hydroxyl groups excluding tert-OH is 3. The molecule has 188 valence electrons. The highest BCUT2D eigenvalue weighted by Crippen LogP contribution is 2.39. The summed E-state index contributed by atoms with van der Waals surface area (Å²) in [6.07, 6.45) is 5.86. The average Bonchev–Trinajstić information content (AvgIpc) is 3.09. The summed E-state index contributed by atoms with van der Waals surface area (Å²) in [5, 5.41) is 41.1. The van der Waals surface area contributed by atoms with E-state index in [1.807, 2.05) is 42.5 Å². The van der Waals surface area contributed by atoms with Crippen LogP contribution in [0.1, 0.15) is 56.9 Å². The largest absolute Gasteiger partial charge is 0.457 e. The molecule has 1 unspecified atom stereocenters. The summed E-state index contributed by atoms with van der Waals surface area (Å²) < 4.78 is 10.5. The van der Waals surface area contributed by atoms with Gasteiger partial charge in [0.05, 0.1) is 12.2 Å². The highest BCUT2D eigenvalue weighted by molar-refractivity contribution is 5.82. The van der Waals surface area contributed by atoms with Crippen molar-refractivity contribution in [1.82, 2.24) is 0 Å². The average molecular weight is 477 g/mol. The summed E-state index contributed by atoms with van der Waals surface area (Å²) in [5.41, 5.74) is 1.05. The summed E-state index contributed by atoms with van der Waals surface area (Å²) in [5.74, 6) is -5.04. The van der Waals surface area contributed by atoms with Crippen molar-refractivity contribution in [3.8, 4) is 0 Å². The quantitative estimate of drug-likeness (QED) is 0.383. The van der Waals surface area contributed by atoms with E-state index in [-0.39, 0.29) is 18.3 Å². The maximum atomic E-state index is 12.8. The van der Waals surface area contributed by atoms with E-state index in [4.69, 9.17) is 9.47 Å². The molecule has 4 N–H and O–H groups in total. The van der Waals surface area contributed by atoms with Crippen molar-refractivity contribution in [3.05, 3.63) is 48.0 Å². The van der Waals surface area contributed by atoms with Crippen molar-refractivity contribution in [1.29, 1.82) is 0 Å². The highest BCUT2D eigenvalue weighted by atomic mass is 16.7. The van der Waals surface area contributed by atoms with Crippen LogP contribution in [0.15, 0.2) is 42.5 Å². The standard InChI is InChI=1S/C26H36O8/c27-17-26(32)25(31)33-19(13-12-18-8-4-3-5-9-18)14-15-21-20(22(28)16-23(21)29)10-6-1-2-7-11-24(30)34-26/h1,3-6,8-9,19-23,27-29,32H,2,7,10-17H2/b6-1-/t19-,20+,21+,22-,23+,26?/m0/s1. The number of carbonyl (C=O) groups excluding carboxylic acids is 2. The molecule has 1 aliphatic heterocycles. The van der Waals surface area contributed by atoms with Crippen LogP contribution in [0, 0.1) is 11.8 Å². The van der Waals surface area contributed by atoms with E-state index in [1.54, 1.807) is 0 Å². The van der Waals surface area contributed by atoms with Crippen LogP contribution in [-0.4, -0.2) is 63.1 Å². The Hall–Kier alpha value is -2.26. The molecule has 1 aromatic rings. The third-order valence-corrected chi connectivity index (χ3v) is 6.86. The zero-order valence-corrected chi connectivity index (χ0v) is 19.4. The van der Waals surface area contributed by atoms with Gasteiger partial charge < -0.3 is 29.9 Å². The van der Waals surface area contributed by atoms with Gasteiger partial charge >= 0.3 is 17.7 Å². The normalized spacial score (nSPS) is 34.6. The molecule has 0 radical (unpaired) electrons. The fraction of sp³-hybridized carbons (Fsp3) is 0.615. The minimum atomic E-state index is -2.76. The van der Waals surface area contributed by atoms with Crippen molar-refractivity contribution >= 4 is 11.9 Å². The predicted molar refractivity (Wildman–Crippen MR) is 123 cm³/mol. The third-order valence-electron chi connectivity index (χ3n) is 6.86.